The molecule has 0 spiro atoms. The maximum atomic E-state index is 11.9. The Balaban J connectivity index is 1.86. The molecule has 0 atom stereocenters. The van der Waals surface area contributed by atoms with E-state index in [-0.39, 0.29) is 12.5 Å². The number of carbonyl (C=O) groups excluding carboxylic acids is 1. The summed E-state index contributed by atoms with van der Waals surface area (Å²) in [6.45, 7) is 2.57. The standard InChI is InChI=1S/C21H26N2O5/c1-4-5-12-27-19-11-10-16(13-20(19)26-3)14-22-23-21(24)15-28-18-9-7-6-8-17(18)25-2/h6-11,13-14H,4-5,12,15H2,1-3H3,(H,23,24)/b22-14-. The Morgan fingerprint density at radius 3 is 2.43 bits per heavy atom. The summed E-state index contributed by atoms with van der Waals surface area (Å²) in [5, 5.41) is 3.94. The lowest BCUT2D eigenvalue weighted by Crippen LogP contribution is -2.24. The first-order chi connectivity index (χ1) is 13.7. The molecule has 2 aromatic rings. The monoisotopic (exact) mass is 386 g/mol. The molecule has 2 rings (SSSR count). The minimum Gasteiger partial charge on any atom is -0.493 e. The summed E-state index contributed by atoms with van der Waals surface area (Å²) in [6, 6.07) is 12.6. The van der Waals surface area contributed by atoms with Gasteiger partial charge < -0.3 is 18.9 Å². The van der Waals surface area contributed by atoms with Crippen LogP contribution in [0.25, 0.3) is 0 Å². The van der Waals surface area contributed by atoms with Crippen LogP contribution in [0.5, 0.6) is 23.0 Å². The predicted octanol–water partition coefficient (Wildman–Crippen LogP) is 3.41. The van der Waals surface area contributed by atoms with Gasteiger partial charge >= 0.3 is 0 Å². The smallest absolute Gasteiger partial charge is 0.277 e. The minimum atomic E-state index is -0.381. The number of benzene rings is 2. The van der Waals surface area contributed by atoms with Gasteiger partial charge in [0.25, 0.3) is 5.91 Å². The van der Waals surface area contributed by atoms with Crippen molar-refractivity contribution >= 4 is 12.1 Å². The lowest BCUT2D eigenvalue weighted by molar-refractivity contribution is -0.123. The Bertz CT molecular complexity index is 792. The molecule has 0 radical (unpaired) electrons. The molecule has 150 valence electrons. The van der Waals surface area contributed by atoms with Crippen LogP contribution in [0.15, 0.2) is 47.6 Å². The van der Waals surface area contributed by atoms with Gasteiger partial charge in [0.15, 0.2) is 29.6 Å². The van der Waals surface area contributed by atoms with Gasteiger partial charge in [-0.15, -0.1) is 0 Å². The molecule has 7 heteroatoms. The lowest BCUT2D eigenvalue weighted by atomic mass is 10.2. The van der Waals surface area contributed by atoms with E-state index in [1.165, 1.54) is 6.21 Å². The van der Waals surface area contributed by atoms with E-state index in [2.05, 4.69) is 17.5 Å². The number of nitrogens with one attached hydrogen (secondary N) is 1. The second kappa shape index (κ2) is 11.5. The maximum Gasteiger partial charge on any atom is 0.277 e. The van der Waals surface area contributed by atoms with Crippen molar-refractivity contribution < 1.29 is 23.7 Å². The van der Waals surface area contributed by atoms with Crippen molar-refractivity contribution in [2.75, 3.05) is 27.4 Å². The molecular weight excluding hydrogens is 360 g/mol. The molecule has 0 saturated carbocycles. The average molecular weight is 386 g/mol. The van der Waals surface area contributed by atoms with Gasteiger partial charge in [-0.05, 0) is 42.3 Å². The zero-order chi connectivity index (χ0) is 20.2. The molecule has 0 fully saturated rings. The van der Waals surface area contributed by atoms with E-state index in [1.807, 2.05) is 18.2 Å². The number of rotatable bonds is 11. The summed E-state index contributed by atoms with van der Waals surface area (Å²) in [5.74, 6) is 1.97. The van der Waals surface area contributed by atoms with Gasteiger partial charge in [-0.25, -0.2) is 5.43 Å². The summed E-state index contributed by atoms with van der Waals surface area (Å²) >= 11 is 0. The van der Waals surface area contributed by atoms with Crippen molar-refractivity contribution in [3.63, 3.8) is 0 Å². The zero-order valence-electron chi connectivity index (χ0n) is 16.4. The SMILES string of the molecule is CCCCOc1ccc(/C=N\NC(=O)COc2ccccc2OC)cc1OC. The molecule has 0 aliphatic heterocycles. The highest BCUT2D eigenvalue weighted by atomic mass is 16.5. The molecule has 0 unspecified atom stereocenters. The minimum absolute atomic E-state index is 0.175. The first-order valence-corrected chi connectivity index (χ1v) is 9.06. The van der Waals surface area contributed by atoms with Crippen LogP contribution in [-0.2, 0) is 4.79 Å². The number of nitrogens with zero attached hydrogens (tertiary/aromatic N) is 1. The van der Waals surface area contributed by atoms with Gasteiger partial charge in [-0.1, -0.05) is 25.5 Å². The third-order valence-electron chi connectivity index (χ3n) is 3.77. The van der Waals surface area contributed by atoms with Gasteiger partial charge in [0.2, 0.25) is 0 Å². The predicted molar refractivity (Wildman–Crippen MR) is 108 cm³/mol. The van der Waals surface area contributed by atoms with Crippen LogP contribution in [0.4, 0.5) is 0 Å². The number of hydrogen-bond acceptors (Lipinski definition) is 6. The van der Waals surface area contributed by atoms with Crippen LogP contribution < -0.4 is 24.4 Å². The van der Waals surface area contributed by atoms with Crippen molar-refractivity contribution in [1.29, 1.82) is 0 Å². The second-order valence-corrected chi connectivity index (χ2v) is 5.85. The third kappa shape index (κ3) is 6.50. The fraction of sp³-hybridized carbons (Fsp3) is 0.333. The van der Waals surface area contributed by atoms with Crippen LogP contribution in [0.1, 0.15) is 25.3 Å². The Kier molecular flexibility index (Phi) is 8.65. The van der Waals surface area contributed by atoms with Crippen molar-refractivity contribution in [2.45, 2.75) is 19.8 Å². The highest BCUT2D eigenvalue weighted by Gasteiger charge is 2.07. The van der Waals surface area contributed by atoms with Gasteiger partial charge in [-0.2, -0.15) is 5.10 Å². The molecular formula is C21H26N2O5. The molecule has 0 saturated heterocycles. The molecule has 1 N–H and O–H groups in total. The van der Waals surface area contributed by atoms with Crippen LogP contribution in [0, 0.1) is 0 Å². The van der Waals surface area contributed by atoms with Crippen molar-refractivity contribution in [1.82, 2.24) is 5.43 Å². The first kappa shape index (κ1) is 21.1. The summed E-state index contributed by atoms with van der Waals surface area (Å²) in [6.07, 6.45) is 3.57. The molecule has 0 aromatic heterocycles. The molecule has 7 nitrogen and oxygen atoms in total. The highest BCUT2D eigenvalue weighted by Crippen LogP contribution is 2.28. The number of ether oxygens (including phenoxy) is 4. The quantitative estimate of drug-likeness (QED) is 0.364. The summed E-state index contributed by atoms with van der Waals surface area (Å²) in [5.41, 5.74) is 3.19. The molecule has 0 heterocycles. The van der Waals surface area contributed by atoms with E-state index in [0.29, 0.717) is 29.6 Å². The van der Waals surface area contributed by atoms with E-state index < -0.39 is 0 Å². The fourth-order valence-electron chi connectivity index (χ4n) is 2.30. The van der Waals surface area contributed by atoms with Crippen molar-refractivity contribution in [3.05, 3.63) is 48.0 Å². The second-order valence-electron chi connectivity index (χ2n) is 5.85. The van der Waals surface area contributed by atoms with Crippen molar-refractivity contribution in [2.24, 2.45) is 5.10 Å². The van der Waals surface area contributed by atoms with Gasteiger partial charge in [-0.3, -0.25) is 4.79 Å². The molecule has 0 bridgehead atoms. The van der Waals surface area contributed by atoms with E-state index >= 15 is 0 Å². The molecule has 1 amide bonds. The summed E-state index contributed by atoms with van der Waals surface area (Å²) in [4.78, 5) is 11.9. The van der Waals surface area contributed by atoms with Crippen LogP contribution >= 0.6 is 0 Å². The molecule has 2 aromatic carbocycles. The average Bonchev–Trinajstić information content (AvgIpc) is 2.73. The largest absolute Gasteiger partial charge is 0.493 e. The van der Waals surface area contributed by atoms with Gasteiger partial charge in [0.1, 0.15) is 0 Å². The number of methoxy groups -OCH3 is 2. The van der Waals surface area contributed by atoms with E-state index in [4.69, 9.17) is 18.9 Å². The number of amides is 1. The van der Waals surface area contributed by atoms with Gasteiger partial charge in [0.05, 0.1) is 27.0 Å². The Hall–Kier alpha value is -3.22. The molecule has 28 heavy (non-hydrogen) atoms. The van der Waals surface area contributed by atoms with E-state index in [0.717, 1.165) is 18.4 Å². The maximum absolute atomic E-state index is 11.9. The number of hydrogen-bond donors (Lipinski definition) is 1. The molecule has 0 aliphatic carbocycles. The van der Waals surface area contributed by atoms with Crippen LogP contribution in [-0.4, -0.2) is 39.6 Å². The fourth-order valence-corrected chi connectivity index (χ4v) is 2.30. The van der Waals surface area contributed by atoms with E-state index in [9.17, 15) is 4.79 Å². The van der Waals surface area contributed by atoms with Gasteiger partial charge in [0, 0.05) is 0 Å². The zero-order valence-corrected chi connectivity index (χ0v) is 16.4. The number of para-hydroxylation sites is 2. The molecule has 0 aliphatic rings. The first-order valence-electron chi connectivity index (χ1n) is 9.06. The van der Waals surface area contributed by atoms with Crippen LogP contribution in [0.2, 0.25) is 0 Å². The van der Waals surface area contributed by atoms with E-state index in [1.54, 1.807) is 38.5 Å². The number of carbonyl (C=O) groups is 1. The lowest BCUT2D eigenvalue weighted by Gasteiger charge is -2.11. The normalized spacial score (nSPS) is 10.5. The number of hydrazone groups is 1. The summed E-state index contributed by atoms with van der Waals surface area (Å²) < 4.78 is 21.7. The van der Waals surface area contributed by atoms with Crippen LogP contribution in [0.3, 0.4) is 0 Å². The van der Waals surface area contributed by atoms with Crippen molar-refractivity contribution in [3.8, 4) is 23.0 Å². The number of unbranched alkanes of at least 4 members (excludes halogenated alkanes) is 1. The third-order valence-corrected chi connectivity index (χ3v) is 3.77. The summed E-state index contributed by atoms with van der Waals surface area (Å²) in [7, 11) is 3.13. The Morgan fingerprint density at radius 2 is 1.71 bits per heavy atom. The Morgan fingerprint density at radius 1 is 1.00 bits per heavy atom. The topological polar surface area (TPSA) is 78.4 Å². The highest BCUT2D eigenvalue weighted by molar-refractivity contribution is 5.83. The Labute approximate surface area is 165 Å².